The fourth-order valence-corrected chi connectivity index (χ4v) is 6.62. The lowest BCUT2D eigenvalue weighted by atomic mass is 9.89. The van der Waals surface area contributed by atoms with E-state index in [0.29, 0.717) is 16.8 Å². The maximum Gasteiger partial charge on any atom is 0.335 e. The van der Waals surface area contributed by atoms with E-state index < -0.39 is 35.6 Å². The number of carbonyl (C=O) groups excluding carboxylic acids is 4. The van der Waals surface area contributed by atoms with Crippen LogP contribution >= 0.6 is 11.6 Å². The molecule has 3 aromatic carbocycles. The number of rotatable bonds is 11. The van der Waals surface area contributed by atoms with Gasteiger partial charge in [0.25, 0.3) is 5.91 Å². The van der Waals surface area contributed by atoms with Gasteiger partial charge in [0, 0.05) is 55.5 Å². The SMILES string of the molecule is O=C(O)CCCC(=O)N1CCN(c2cccc3c2CCN(C(=O)/C=C/c2c(-n4cnnn4)ccc(Cl)c2F)C3C(=O)Nc2ccc(C(=O)O)cc2)C(=O)C1. The number of aromatic carboxylic acids is 1. The first kappa shape index (κ1) is 37.3. The maximum atomic E-state index is 15.3. The van der Waals surface area contributed by atoms with E-state index >= 15 is 4.39 Å². The average Bonchev–Trinajstić information content (AvgIpc) is 3.69. The summed E-state index contributed by atoms with van der Waals surface area (Å²) in [7, 11) is 0. The Kier molecular flexibility index (Phi) is 11.1. The van der Waals surface area contributed by atoms with E-state index in [1.807, 2.05) is 0 Å². The molecule has 0 bridgehead atoms. The molecule has 3 heterocycles. The zero-order chi connectivity index (χ0) is 38.5. The fraction of sp³-hybridized carbons (Fsp3) is 0.250. The van der Waals surface area contributed by atoms with E-state index in [1.54, 1.807) is 18.2 Å². The van der Waals surface area contributed by atoms with Gasteiger partial charge in [0.05, 0.1) is 16.3 Å². The van der Waals surface area contributed by atoms with Crippen LogP contribution in [-0.2, 0) is 30.4 Å². The van der Waals surface area contributed by atoms with Gasteiger partial charge in [-0.15, -0.1) is 5.10 Å². The molecule has 0 aliphatic carbocycles. The third-order valence-corrected chi connectivity index (χ3v) is 9.36. The Morgan fingerprint density at radius 2 is 1.74 bits per heavy atom. The molecular formula is C36H32ClFN8O8. The third kappa shape index (κ3) is 7.95. The summed E-state index contributed by atoms with van der Waals surface area (Å²) in [6.07, 6.45) is 3.79. The van der Waals surface area contributed by atoms with Crippen LogP contribution in [0.1, 0.15) is 52.4 Å². The summed E-state index contributed by atoms with van der Waals surface area (Å²) in [6.45, 7) is 0.151. The van der Waals surface area contributed by atoms with Crippen molar-refractivity contribution in [1.82, 2.24) is 30.0 Å². The Balaban J connectivity index is 1.30. The minimum Gasteiger partial charge on any atom is -0.481 e. The number of anilines is 2. The monoisotopic (exact) mass is 758 g/mol. The molecular weight excluding hydrogens is 727 g/mol. The first-order valence-electron chi connectivity index (χ1n) is 16.7. The van der Waals surface area contributed by atoms with Gasteiger partial charge in [-0.1, -0.05) is 23.7 Å². The molecule has 0 radical (unpaired) electrons. The van der Waals surface area contributed by atoms with Crippen molar-refractivity contribution in [3.8, 4) is 5.69 Å². The van der Waals surface area contributed by atoms with E-state index in [-0.39, 0.29) is 91.2 Å². The number of carbonyl (C=O) groups is 6. The predicted octanol–water partition coefficient (Wildman–Crippen LogP) is 3.36. The lowest BCUT2D eigenvalue weighted by Crippen LogP contribution is -2.53. The van der Waals surface area contributed by atoms with Gasteiger partial charge < -0.3 is 30.2 Å². The highest BCUT2D eigenvalue weighted by atomic mass is 35.5. The van der Waals surface area contributed by atoms with E-state index in [1.165, 1.54) is 68.2 Å². The second-order valence-corrected chi connectivity index (χ2v) is 12.8. The van der Waals surface area contributed by atoms with Crippen LogP contribution in [0.4, 0.5) is 15.8 Å². The molecule has 4 aromatic rings. The summed E-state index contributed by atoms with van der Waals surface area (Å²) in [6, 6.07) is 12.1. The van der Waals surface area contributed by atoms with E-state index in [2.05, 4.69) is 20.8 Å². The van der Waals surface area contributed by atoms with Crippen molar-refractivity contribution in [2.75, 3.05) is 36.4 Å². The largest absolute Gasteiger partial charge is 0.481 e. The zero-order valence-electron chi connectivity index (χ0n) is 28.4. The number of nitrogens with one attached hydrogen (secondary N) is 1. The Morgan fingerprint density at radius 1 is 0.963 bits per heavy atom. The molecule has 54 heavy (non-hydrogen) atoms. The highest BCUT2D eigenvalue weighted by molar-refractivity contribution is 6.31. The van der Waals surface area contributed by atoms with Crippen LogP contribution in [0.25, 0.3) is 11.8 Å². The minimum absolute atomic E-state index is 0.00261. The average molecular weight is 759 g/mol. The molecule has 1 aromatic heterocycles. The number of aliphatic carboxylic acids is 1. The first-order chi connectivity index (χ1) is 25.9. The number of carboxylic acid groups (broad SMARTS) is 2. The van der Waals surface area contributed by atoms with Crippen LogP contribution in [0.15, 0.2) is 67.0 Å². The molecule has 2 aliphatic rings. The molecule has 0 saturated carbocycles. The normalized spacial score (nSPS) is 15.6. The molecule has 1 atom stereocenters. The predicted molar refractivity (Wildman–Crippen MR) is 190 cm³/mol. The van der Waals surface area contributed by atoms with Crippen molar-refractivity contribution in [3.05, 3.63) is 100 Å². The van der Waals surface area contributed by atoms with Crippen LogP contribution in [0.2, 0.25) is 5.02 Å². The Labute approximate surface area is 311 Å². The molecule has 278 valence electrons. The maximum absolute atomic E-state index is 15.3. The molecule has 3 N–H and O–H groups in total. The molecule has 4 amide bonds. The van der Waals surface area contributed by atoms with E-state index in [4.69, 9.17) is 16.7 Å². The van der Waals surface area contributed by atoms with Crippen molar-refractivity contribution < 1.29 is 43.4 Å². The van der Waals surface area contributed by atoms with Crippen molar-refractivity contribution in [3.63, 3.8) is 0 Å². The number of benzene rings is 3. The fourth-order valence-electron chi connectivity index (χ4n) is 6.46. The number of carboxylic acids is 2. The second kappa shape index (κ2) is 16.0. The molecule has 1 fully saturated rings. The van der Waals surface area contributed by atoms with E-state index in [9.17, 15) is 33.9 Å². The molecule has 1 unspecified atom stereocenters. The number of piperazine rings is 1. The van der Waals surface area contributed by atoms with Crippen LogP contribution < -0.4 is 10.2 Å². The van der Waals surface area contributed by atoms with Crippen LogP contribution in [0, 0.1) is 5.82 Å². The Hall–Kier alpha value is -6.49. The molecule has 2 aliphatic heterocycles. The molecule has 1 saturated heterocycles. The summed E-state index contributed by atoms with van der Waals surface area (Å²) < 4.78 is 16.5. The topological polar surface area (TPSA) is 208 Å². The number of amides is 4. The lowest BCUT2D eigenvalue weighted by molar-refractivity contribution is -0.138. The minimum atomic E-state index is -1.25. The Morgan fingerprint density at radius 3 is 2.43 bits per heavy atom. The van der Waals surface area contributed by atoms with Crippen LogP contribution in [-0.4, -0.2) is 102 Å². The van der Waals surface area contributed by atoms with Crippen molar-refractivity contribution in [2.24, 2.45) is 0 Å². The summed E-state index contributed by atoms with van der Waals surface area (Å²) in [4.78, 5) is 80.7. The van der Waals surface area contributed by atoms with Gasteiger partial charge in [-0.05, 0) is 82.9 Å². The molecule has 0 spiro atoms. The smallest absolute Gasteiger partial charge is 0.335 e. The standard InChI is InChI=1S/C36H32ClFN8O8/c37-26-12-13-28(46-20-39-41-42-46)25(33(26)38)11-14-30(48)45-16-15-23-24(34(45)35(52)40-22-9-7-21(8-10-22)36(53)54)3-1-4-27(23)44-18-17-43(19-31(44)49)29(47)5-2-6-32(50)51/h1,3-4,7-14,20,34H,2,5-6,15-19H2,(H,40,52)(H,50,51)(H,53,54)/b14-11+. The summed E-state index contributed by atoms with van der Waals surface area (Å²) in [5.41, 5.74) is 1.94. The lowest BCUT2D eigenvalue weighted by Gasteiger charge is -2.40. The van der Waals surface area contributed by atoms with Gasteiger partial charge >= 0.3 is 11.9 Å². The highest BCUT2D eigenvalue weighted by Gasteiger charge is 2.38. The first-order valence-corrected chi connectivity index (χ1v) is 17.1. The second-order valence-electron chi connectivity index (χ2n) is 12.4. The van der Waals surface area contributed by atoms with Gasteiger partial charge in [-0.3, -0.25) is 24.0 Å². The van der Waals surface area contributed by atoms with Crippen LogP contribution in [0.5, 0.6) is 0 Å². The molecule has 18 heteroatoms. The third-order valence-electron chi connectivity index (χ3n) is 9.07. The highest BCUT2D eigenvalue weighted by Crippen LogP contribution is 2.37. The quantitative estimate of drug-likeness (QED) is 0.189. The molecule has 16 nitrogen and oxygen atoms in total. The number of halogens is 2. The zero-order valence-corrected chi connectivity index (χ0v) is 29.1. The molecule has 6 rings (SSSR count). The summed E-state index contributed by atoms with van der Waals surface area (Å²) in [5, 5.41) is 31.7. The summed E-state index contributed by atoms with van der Waals surface area (Å²) in [5.74, 6) is -4.97. The van der Waals surface area contributed by atoms with Crippen molar-refractivity contribution in [2.45, 2.75) is 31.7 Å². The van der Waals surface area contributed by atoms with Gasteiger partial charge in [0.2, 0.25) is 17.7 Å². The van der Waals surface area contributed by atoms with Crippen LogP contribution in [0.3, 0.4) is 0 Å². The number of aromatic nitrogens is 4. The number of hydrogen-bond donors (Lipinski definition) is 3. The number of hydrogen-bond acceptors (Lipinski definition) is 9. The van der Waals surface area contributed by atoms with Crippen molar-refractivity contribution in [1.29, 1.82) is 0 Å². The number of nitrogens with zero attached hydrogens (tertiary/aromatic N) is 7. The van der Waals surface area contributed by atoms with Crippen molar-refractivity contribution >= 4 is 64.6 Å². The Bertz CT molecular complexity index is 2160. The number of fused-ring (bicyclic) bond motifs is 1. The number of tetrazole rings is 1. The van der Waals surface area contributed by atoms with Gasteiger partial charge in [-0.25, -0.2) is 9.18 Å². The van der Waals surface area contributed by atoms with Gasteiger partial charge in [0.1, 0.15) is 18.9 Å². The summed E-state index contributed by atoms with van der Waals surface area (Å²) >= 11 is 6.06. The van der Waals surface area contributed by atoms with Gasteiger partial charge in [-0.2, -0.15) is 4.68 Å². The van der Waals surface area contributed by atoms with Gasteiger partial charge in [0.15, 0.2) is 5.82 Å². The van der Waals surface area contributed by atoms with E-state index in [0.717, 1.165) is 6.08 Å².